The zero-order chi connectivity index (χ0) is 34.2. The van der Waals surface area contributed by atoms with Crippen LogP contribution in [0.5, 0.6) is 5.75 Å². The maximum Gasteiger partial charge on any atom is 0.339 e. The predicted molar refractivity (Wildman–Crippen MR) is 186 cm³/mol. The maximum absolute atomic E-state index is 15.3. The van der Waals surface area contributed by atoms with Crippen molar-refractivity contribution in [2.75, 3.05) is 31.7 Å². The highest BCUT2D eigenvalue weighted by Gasteiger charge is 2.37. The average Bonchev–Trinajstić information content (AvgIpc) is 3.47. The molecule has 1 fully saturated rings. The Labute approximate surface area is 283 Å². The minimum absolute atomic E-state index is 0.154. The fraction of sp³-hybridized carbons (Fsp3) is 0.487. The van der Waals surface area contributed by atoms with Gasteiger partial charge in [-0.05, 0) is 103 Å². The number of carbonyl (C=O) groups excluding carboxylic acids is 1. The summed E-state index contributed by atoms with van der Waals surface area (Å²) in [7, 11) is 1.40. The number of carbonyl (C=O) groups is 1. The van der Waals surface area contributed by atoms with Crippen LogP contribution in [0.15, 0.2) is 54.7 Å². The molecule has 0 radical (unpaired) electrons. The lowest BCUT2D eigenvalue weighted by atomic mass is 9.92. The van der Waals surface area contributed by atoms with Crippen molar-refractivity contribution in [2.24, 2.45) is 0 Å². The number of rotatable bonds is 3. The number of hydrogen-bond acceptors (Lipinski definition) is 7. The molecule has 1 saturated heterocycles. The Morgan fingerprint density at radius 2 is 1.81 bits per heavy atom. The maximum atomic E-state index is 15.3. The molecule has 48 heavy (non-hydrogen) atoms. The third kappa shape index (κ3) is 7.08. The monoisotopic (exact) mass is 657 g/mol. The Balaban J connectivity index is 1.54. The van der Waals surface area contributed by atoms with Crippen LogP contribution in [0.4, 0.5) is 10.2 Å². The Hall–Kier alpha value is -3.95. The molecular weight excluding hydrogens is 609 g/mol. The van der Waals surface area contributed by atoms with Gasteiger partial charge < -0.3 is 23.8 Å². The fourth-order valence-corrected chi connectivity index (χ4v) is 6.87. The first kappa shape index (κ1) is 33.9. The first-order chi connectivity index (χ1) is 22.9. The number of imidazole rings is 1. The van der Waals surface area contributed by atoms with E-state index >= 15 is 4.39 Å². The van der Waals surface area contributed by atoms with Gasteiger partial charge in [0.05, 0.1) is 30.1 Å². The third-order valence-electron chi connectivity index (χ3n) is 9.45. The largest absolute Gasteiger partial charge is 0.487 e. The zero-order valence-electron chi connectivity index (χ0n) is 29.3. The number of anilines is 1. The van der Waals surface area contributed by atoms with E-state index in [4.69, 9.17) is 23.9 Å². The van der Waals surface area contributed by atoms with Gasteiger partial charge in [0.2, 0.25) is 0 Å². The Morgan fingerprint density at radius 3 is 2.54 bits per heavy atom. The summed E-state index contributed by atoms with van der Waals surface area (Å²) >= 11 is 0. The van der Waals surface area contributed by atoms with Crippen LogP contribution >= 0.6 is 0 Å². The molecule has 2 aromatic carbocycles. The molecule has 0 saturated carbocycles. The van der Waals surface area contributed by atoms with E-state index in [1.54, 1.807) is 6.07 Å². The second-order valence-electron chi connectivity index (χ2n) is 14.5. The van der Waals surface area contributed by atoms with Gasteiger partial charge >= 0.3 is 5.97 Å². The predicted octanol–water partition coefficient (Wildman–Crippen LogP) is 8.47. The quantitative estimate of drug-likeness (QED) is 0.205. The number of aromatic nitrogens is 2. The van der Waals surface area contributed by atoms with E-state index in [9.17, 15) is 4.79 Å². The molecule has 9 heteroatoms. The first-order valence-electron chi connectivity index (χ1n) is 17.1. The molecule has 8 nitrogen and oxygen atoms in total. The van der Waals surface area contributed by atoms with Gasteiger partial charge in [-0.15, -0.1) is 0 Å². The van der Waals surface area contributed by atoms with Crippen LogP contribution in [0.2, 0.25) is 0 Å². The van der Waals surface area contributed by atoms with E-state index in [2.05, 4.69) is 16.2 Å². The van der Waals surface area contributed by atoms with Crippen molar-refractivity contribution in [2.45, 2.75) is 97.1 Å². The number of methoxy groups -OCH3 is 1. The van der Waals surface area contributed by atoms with E-state index in [-0.39, 0.29) is 23.3 Å². The first-order valence-corrected chi connectivity index (χ1v) is 17.1. The van der Waals surface area contributed by atoms with Crippen LogP contribution < -0.4 is 9.64 Å². The second kappa shape index (κ2) is 13.5. The van der Waals surface area contributed by atoms with E-state index in [1.165, 1.54) is 13.2 Å². The summed E-state index contributed by atoms with van der Waals surface area (Å²) in [5.41, 5.74) is 4.71. The van der Waals surface area contributed by atoms with E-state index in [0.717, 1.165) is 84.6 Å². The number of benzene rings is 2. The van der Waals surface area contributed by atoms with Crippen LogP contribution in [-0.4, -0.2) is 59.5 Å². The molecule has 0 amide bonds. The van der Waals surface area contributed by atoms with Crippen molar-refractivity contribution in [3.63, 3.8) is 0 Å². The Bertz CT molecular complexity index is 1790. The zero-order valence-corrected chi connectivity index (χ0v) is 29.3. The summed E-state index contributed by atoms with van der Waals surface area (Å²) in [5, 5.41) is 0. The molecule has 5 heterocycles. The minimum Gasteiger partial charge on any atom is -0.487 e. The molecule has 7 rings (SSSR count). The average molecular weight is 658 g/mol. The highest BCUT2D eigenvalue weighted by atomic mass is 19.1. The molecule has 0 aliphatic carbocycles. The van der Waals surface area contributed by atoms with Gasteiger partial charge in [-0.1, -0.05) is 30.3 Å². The molecule has 2 aromatic heterocycles. The van der Waals surface area contributed by atoms with Crippen LogP contribution in [0.1, 0.15) is 84.0 Å². The smallest absolute Gasteiger partial charge is 0.339 e. The molecule has 0 N–H and O–H groups in total. The number of fused-ring (bicyclic) bond motifs is 8. The number of halogens is 1. The minimum atomic E-state index is -0.938. The molecule has 256 valence electrons. The molecule has 4 aromatic rings. The van der Waals surface area contributed by atoms with Gasteiger partial charge in [0.25, 0.3) is 0 Å². The van der Waals surface area contributed by atoms with Crippen LogP contribution in [0.25, 0.3) is 28.0 Å². The van der Waals surface area contributed by atoms with Crippen molar-refractivity contribution in [1.82, 2.24) is 9.38 Å². The number of pyridine rings is 1. The van der Waals surface area contributed by atoms with Gasteiger partial charge in [0.15, 0.2) is 17.7 Å². The van der Waals surface area contributed by atoms with Crippen molar-refractivity contribution < 1.29 is 28.1 Å². The molecule has 3 aliphatic rings. The van der Waals surface area contributed by atoms with Gasteiger partial charge in [0, 0.05) is 42.6 Å². The van der Waals surface area contributed by atoms with Crippen LogP contribution in [0, 0.1) is 12.7 Å². The van der Waals surface area contributed by atoms with E-state index in [0.29, 0.717) is 12.2 Å². The molecule has 3 aliphatic heterocycles. The number of ether oxygens (including phenoxy) is 4. The van der Waals surface area contributed by atoms with Gasteiger partial charge in [-0.25, -0.2) is 14.2 Å². The number of esters is 1. The van der Waals surface area contributed by atoms with Crippen molar-refractivity contribution in [3.05, 3.63) is 71.7 Å². The summed E-state index contributed by atoms with van der Waals surface area (Å²) in [5.74, 6) is 0.295. The highest BCUT2D eigenvalue weighted by molar-refractivity contribution is 5.81. The molecule has 0 unspecified atom stereocenters. The fourth-order valence-electron chi connectivity index (χ4n) is 6.87. The molecule has 0 spiro atoms. The number of piperidine rings is 1. The van der Waals surface area contributed by atoms with E-state index in [1.807, 2.05) is 77.2 Å². The number of nitrogens with zero attached hydrogens (tertiary/aromatic N) is 3. The third-order valence-corrected chi connectivity index (χ3v) is 9.45. The summed E-state index contributed by atoms with van der Waals surface area (Å²) in [6.07, 6.45) is 5.18. The van der Waals surface area contributed by atoms with Crippen molar-refractivity contribution in [1.29, 1.82) is 0 Å². The number of hydrogen-bond donors (Lipinski definition) is 0. The summed E-state index contributed by atoms with van der Waals surface area (Å²) in [4.78, 5) is 20.8. The summed E-state index contributed by atoms with van der Waals surface area (Å²) < 4.78 is 41.9. The SMILES string of the molecule is COC(=O)[C@@H](OC(C)(C)C)c1c(C)cc2nc3cn2c1N1CCC(C)(CC1)OCCCC[C@H](C)Oc1c(F)cccc1-c1cccc-3c1. The lowest BCUT2D eigenvalue weighted by Crippen LogP contribution is -2.45. The lowest BCUT2D eigenvalue weighted by Gasteiger charge is -2.42. The molecule has 2 atom stereocenters. The topological polar surface area (TPSA) is 74.5 Å². The molecule has 6 bridgehead atoms. The van der Waals surface area contributed by atoms with Crippen molar-refractivity contribution in [3.8, 4) is 28.1 Å². The van der Waals surface area contributed by atoms with Crippen molar-refractivity contribution >= 4 is 17.4 Å². The van der Waals surface area contributed by atoms with Gasteiger partial charge in [0.1, 0.15) is 11.5 Å². The number of para-hydroxylation sites is 1. The van der Waals surface area contributed by atoms with E-state index < -0.39 is 17.7 Å². The standard InChI is InChI=1S/C39H48FN3O5/c1-25-22-32-41-31-24-43(32)36(33(25)35(37(44)45-7)48-38(3,4)5)42-19-17-39(6,18-20-42)46-21-9-8-12-26(2)47-34-29(15-11-16-30(34)40)27-13-10-14-28(31)23-27/h10-11,13-16,22-24,26,35H,8-9,12,17-21H2,1-7H3/t26-,35-/m0/s1. The highest BCUT2D eigenvalue weighted by Crippen LogP contribution is 2.41. The van der Waals surface area contributed by atoms with Gasteiger partial charge in [-0.2, -0.15) is 0 Å². The number of aryl methyl sites for hydroxylation is 1. The van der Waals surface area contributed by atoms with Crippen LogP contribution in [0.3, 0.4) is 0 Å². The Kier molecular flexibility index (Phi) is 9.55. The summed E-state index contributed by atoms with van der Waals surface area (Å²) in [6.45, 7) is 14.1. The summed E-state index contributed by atoms with van der Waals surface area (Å²) in [6, 6.07) is 15.0. The van der Waals surface area contributed by atoms with Gasteiger partial charge in [-0.3, -0.25) is 4.40 Å². The molecular formula is C39H48FN3O5. The Morgan fingerprint density at radius 1 is 1.08 bits per heavy atom. The lowest BCUT2D eigenvalue weighted by molar-refractivity contribution is -0.164. The second-order valence-corrected chi connectivity index (χ2v) is 14.5. The normalized spacial score (nSPS) is 21.1. The van der Waals surface area contributed by atoms with Crippen LogP contribution in [-0.2, 0) is 19.0 Å².